The Balaban J connectivity index is 2.52. The van der Waals surface area contributed by atoms with Gasteiger partial charge in [-0.3, -0.25) is 0 Å². The van der Waals surface area contributed by atoms with Crippen molar-refractivity contribution in [3.8, 4) is 0 Å². The summed E-state index contributed by atoms with van der Waals surface area (Å²) in [5.74, 6) is -0.493. The van der Waals surface area contributed by atoms with E-state index in [0.717, 1.165) is 0 Å². The highest BCUT2D eigenvalue weighted by molar-refractivity contribution is 4.78. The van der Waals surface area contributed by atoms with E-state index in [0.29, 0.717) is 13.0 Å². The van der Waals surface area contributed by atoms with Gasteiger partial charge in [0, 0.05) is 12.5 Å². The van der Waals surface area contributed by atoms with E-state index >= 15 is 0 Å². The second kappa shape index (κ2) is 5.62. The summed E-state index contributed by atoms with van der Waals surface area (Å²) in [5.41, 5.74) is 0. The molecule has 0 spiro atoms. The van der Waals surface area contributed by atoms with Crippen molar-refractivity contribution in [2.24, 2.45) is 5.92 Å². The van der Waals surface area contributed by atoms with Crippen LogP contribution in [0.3, 0.4) is 0 Å². The number of aliphatic hydroxyl groups is 1. The number of hydrogen-bond donors (Lipinski definition) is 1. The second-order valence-corrected chi connectivity index (χ2v) is 3.99. The van der Waals surface area contributed by atoms with Crippen molar-refractivity contribution in [3.63, 3.8) is 0 Å². The van der Waals surface area contributed by atoms with Crippen LogP contribution in [0.1, 0.15) is 6.42 Å². The first-order valence-electron chi connectivity index (χ1n) is 5.13. The largest absolute Gasteiger partial charge is 0.423 e. The number of rotatable bonds is 4. The van der Waals surface area contributed by atoms with Crippen LogP contribution >= 0.6 is 0 Å². The van der Waals surface area contributed by atoms with Crippen molar-refractivity contribution < 1.29 is 40.9 Å². The van der Waals surface area contributed by atoms with Crippen molar-refractivity contribution >= 4 is 0 Å². The SMILES string of the molecule is OC(COC(C(F)(F)F)C(F)(F)F)C1CCOC1. The Morgan fingerprint density at radius 3 is 2.11 bits per heavy atom. The van der Waals surface area contributed by atoms with Crippen LogP contribution in [-0.2, 0) is 9.47 Å². The van der Waals surface area contributed by atoms with Gasteiger partial charge in [-0.15, -0.1) is 0 Å². The molecule has 0 aromatic heterocycles. The molecule has 108 valence electrons. The van der Waals surface area contributed by atoms with Gasteiger partial charge in [-0.05, 0) is 6.42 Å². The Labute approximate surface area is 98.7 Å². The van der Waals surface area contributed by atoms with Gasteiger partial charge in [-0.25, -0.2) is 0 Å². The average molecular weight is 282 g/mol. The van der Waals surface area contributed by atoms with Crippen molar-refractivity contribution in [1.82, 2.24) is 0 Å². The lowest BCUT2D eigenvalue weighted by Crippen LogP contribution is -2.46. The molecule has 1 rings (SSSR count). The summed E-state index contributed by atoms with van der Waals surface area (Å²) in [6.45, 7) is -0.603. The number of aliphatic hydroxyl groups excluding tert-OH is 1. The molecule has 2 atom stereocenters. The molecule has 0 aliphatic carbocycles. The van der Waals surface area contributed by atoms with E-state index in [2.05, 4.69) is 4.74 Å². The Kier molecular flexibility index (Phi) is 4.84. The molecule has 0 aromatic rings. The van der Waals surface area contributed by atoms with Crippen LogP contribution in [0.4, 0.5) is 26.3 Å². The van der Waals surface area contributed by atoms with Crippen LogP contribution in [0.5, 0.6) is 0 Å². The predicted molar refractivity (Wildman–Crippen MR) is 46.8 cm³/mol. The first kappa shape index (κ1) is 15.5. The highest BCUT2D eigenvalue weighted by Gasteiger charge is 2.58. The minimum Gasteiger partial charge on any atom is -0.390 e. The predicted octanol–water partition coefficient (Wildman–Crippen LogP) is 1.89. The normalized spacial score (nSPS) is 23.7. The van der Waals surface area contributed by atoms with E-state index < -0.39 is 37.1 Å². The summed E-state index contributed by atoms with van der Waals surface area (Å²) in [6.07, 6.45) is -16.0. The molecule has 0 saturated carbocycles. The summed E-state index contributed by atoms with van der Waals surface area (Å²) in [7, 11) is 0. The smallest absolute Gasteiger partial charge is 0.390 e. The monoisotopic (exact) mass is 282 g/mol. The zero-order chi connectivity index (χ0) is 14.0. The van der Waals surface area contributed by atoms with Crippen LogP contribution in [0, 0.1) is 5.92 Å². The minimum absolute atomic E-state index is 0.104. The molecule has 1 aliphatic rings. The van der Waals surface area contributed by atoms with Crippen molar-refractivity contribution in [2.45, 2.75) is 31.0 Å². The standard InChI is InChI=1S/C9H12F6O3/c10-8(11,12)7(9(13,14)15)18-4-6(16)5-1-2-17-3-5/h5-7,16H,1-4H2. The maximum atomic E-state index is 12.1. The molecule has 9 heteroatoms. The molecule has 0 bridgehead atoms. The minimum atomic E-state index is -5.55. The summed E-state index contributed by atoms with van der Waals surface area (Å²) < 4.78 is 81.2. The number of halogens is 6. The third-order valence-electron chi connectivity index (χ3n) is 2.54. The van der Waals surface area contributed by atoms with Gasteiger partial charge in [0.2, 0.25) is 6.10 Å². The van der Waals surface area contributed by atoms with Crippen LogP contribution in [0.2, 0.25) is 0 Å². The number of ether oxygens (including phenoxy) is 2. The fraction of sp³-hybridized carbons (Fsp3) is 1.00. The third-order valence-corrected chi connectivity index (χ3v) is 2.54. The van der Waals surface area contributed by atoms with Gasteiger partial charge in [-0.1, -0.05) is 0 Å². The zero-order valence-corrected chi connectivity index (χ0v) is 9.09. The Morgan fingerprint density at radius 2 is 1.72 bits per heavy atom. The summed E-state index contributed by atoms with van der Waals surface area (Å²) in [5, 5.41) is 9.39. The zero-order valence-electron chi connectivity index (χ0n) is 9.09. The first-order chi connectivity index (χ1) is 8.12. The Hall–Kier alpha value is -0.540. The molecular formula is C9H12F6O3. The summed E-state index contributed by atoms with van der Waals surface area (Å²) in [4.78, 5) is 0. The lowest BCUT2D eigenvalue weighted by atomic mass is 10.0. The number of alkyl halides is 6. The molecule has 1 N–H and O–H groups in total. The Morgan fingerprint density at radius 1 is 1.17 bits per heavy atom. The lowest BCUT2D eigenvalue weighted by molar-refractivity contribution is -0.325. The molecule has 1 saturated heterocycles. The lowest BCUT2D eigenvalue weighted by Gasteiger charge is -2.25. The van der Waals surface area contributed by atoms with E-state index in [1.807, 2.05) is 0 Å². The van der Waals surface area contributed by atoms with Crippen LogP contribution in [0.25, 0.3) is 0 Å². The van der Waals surface area contributed by atoms with Gasteiger partial charge in [-0.2, -0.15) is 26.3 Å². The quantitative estimate of drug-likeness (QED) is 0.800. The van der Waals surface area contributed by atoms with E-state index in [1.54, 1.807) is 0 Å². The summed E-state index contributed by atoms with van der Waals surface area (Å²) in [6, 6.07) is 0. The van der Waals surface area contributed by atoms with E-state index in [4.69, 9.17) is 4.74 Å². The van der Waals surface area contributed by atoms with E-state index in [9.17, 15) is 31.4 Å². The summed E-state index contributed by atoms with van der Waals surface area (Å²) >= 11 is 0. The van der Waals surface area contributed by atoms with Crippen molar-refractivity contribution in [3.05, 3.63) is 0 Å². The molecule has 0 radical (unpaired) electrons. The fourth-order valence-electron chi connectivity index (χ4n) is 1.56. The van der Waals surface area contributed by atoms with Gasteiger partial charge in [0.05, 0.1) is 19.3 Å². The first-order valence-corrected chi connectivity index (χ1v) is 5.13. The molecule has 18 heavy (non-hydrogen) atoms. The maximum Gasteiger partial charge on any atom is 0.423 e. The molecule has 0 aromatic carbocycles. The number of hydrogen-bond acceptors (Lipinski definition) is 3. The maximum absolute atomic E-state index is 12.1. The van der Waals surface area contributed by atoms with E-state index in [1.165, 1.54) is 0 Å². The van der Waals surface area contributed by atoms with Gasteiger partial charge >= 0.3 is 12.4 Å². The molecule has 3 nitrogen and oxygen atoms in total. The fourth-order valence-corrected chi connectivity index (χ4v) is 1.56. The molecule has 0 amide bonds. The van der Waals surface area contributed by atoms with Gasteiger partial charge in [0.1, 0.15) is 0 Å². The van der Waals surface area contributed by atoms with Crippen LogP contribution in [-0.4, -0.2) is 49.5 Å². The van der Waals surface area contributed by atoms with Crippen LogP contribution < -0.4 is 0 Å². The van der Waals surface area contributed by atoms with Crippen molar-refractivity contribution in [2.75, 3.05) is 19.8 Å². The average Bonchev–Trinajstić information content (AvgIpc) is 2.65. The third kappa shape index (κ3) is 4.29. The van der Waals surface area contributed by atoms with Gasteiger partial charge in [0.25, 0.3) is 0 Å². The van der Waals surface area contributed by atoms with Crippen LogP contribution in [0.15, 0.2) is 0 Å². The Bertz CT molecular complexity index is 244. The topological polar surface area (TPSA) is 38.7 Å². The van der Waals surface area contributed by atoms with Gasteiger partial charge in [0.15, 0.2) is 0 Å². The highest BCUT2D eigenvalue weighted by Crippen LogP contribution is 2.36. The van der Waals surface area contributed by atoms with Crippen molar-refractivity contribution in [1.29, 1.82) is 0 Å². The van der Waals surface area contributed by atoms with E-state index in [-0.39, 0.29) is 6.61 Å². The highest BCUT2D eigenvalue weighted by atomic mass is 19.4. The molecule has 1 fully saturated rings. The molecule has 2 unspecified atom stereocenters. The molecular weight excluding hydrogens is 270 g/mol. The second-order valence-electron chi connectivity index (χ2n) is 3.99. The molecule has 1 aliphatic heterocycles. The molecule has 1 heterocycles. The van der Waals surface area contributed by atoms with Gasteiger partial charge < -0.3 is 14.6 Å².